The Hall–Kier alpha value is -3.94. The molecule has 0 N–H and O–H groups in total. The maximum absolute atomic E-state index is 13.4. The number of anilines is 1. The lowest BCUT2D eigenvalue weighted by molar-refractivity contribution is -0.132. The molecule has 0 spiro atoms. The van der Waals surface area contributed by atoms with Crippen molar-refractivity contribution in [3.05, 3.63) is 81.9 Å². The molecule has 1 aliphatic rings. The number of piperazine rings is 1. The van der Waals surface area contributed by atoms with Crippen molar-refractivity contribution >= 4 is 22.5 Å². The molecule has 0 aliphatic carbocycles. The van der Waals surface area contributed by atoms with Crippen molar-refractivity contribution < 1.29 is 4.79 Å². The smallest absolute Gasteiger partial charge is 0.278 e. The number of hydrogen-bond acceptors (Lipinski definition) is 5. The van der Waals surface area contributed by atoms with Crippen LogP contribution in [-0.2, 0) is 11.3 Å². The predicted molar refractivity (Wildman–Crippen MR) is 137 cm³/mol. The largest absolute Gasteiger partial charge is 0.365 e. The molecule has 0 radical (unpaired) electrons. The van der Waals surface area contributed by atoms with E-state index in [1.165, 1.54) is 15.9 Å². The highest BCUT2D eigenvalue weighted by Crippen LogP contribution is 2.22. The van der Waals surface area contributed by atoms with Crippen LogP contribution >= 0.6 is 0 Å². The number of rotatable bonds is 4. The van der Waals surface area contributed by atoms with E-state index >= 15 is 0 Å². The number of aromatic nitrogens is 4. The third-order valence-corrected chi connectivity index (χ3v) is 6.78. The highest BCUT2D eigenvalue weighted by molar-refractivity contribution is 5.83. The molecule has 35 heavy (non-hydrogen) atoms. The first kappa shape index (κ1) is 22.8. The molecule has 1 unspecified atom stereocenters. The van der Waals surface area contributed by atoms with Crippen molar-refractivity contribution in [1.29, 1.82) is 0 Å². The van der Waals surface area contributed by atoms with Crippen molar-refractivity contribution in [2.75, 3.05) is 24.5 Å². The van der Waals surface area contributed by atoms with Crippen LogP contribution in [0.15, 0.2) is 59.4 Å². The summed E-state index contributed by atoms with van der Waals surface area (Å²) < 4.78 is 3.06. The van der Waals surface area contributed by atoms with E-state index in [9.17, 15) is 9.59 Å². The van der Waals surface area contributed by atoms with Gasteiger partial charge in [0.05, 0.1) is 22.5 Å². The Labute approximate surface area is 204 Å². The number of fused-ring (bicyclic) bond motifs is 1. The zero-order valence-electron chi connectivity index (χ0n) is 20.6. The fourth-order valence-corrected chi connectivity index (χ4v) is 4.94. The minimum absolute atomic E-state index is 0.0806. The molecule has 1 aliphatic heterocycles. The van der Waals surface area contributed by atoms with E-state index in [0.717, 1.165) is 17.9 Å². The molecule has 2 aromatic carbocycles. The summed E-state index contributed by atoms with van der Waals surface area (Å²) in [6.45, 7) is 9.80. The number of benzene rings is 2. The van der Waals surface area contributed by atoms with Gasteiger partial charge in [0, 0.05) is 31.4 Å². The van der Waals surface area contributed by atoms with Gasteiger partial charge < -0.3 is 9.80 Å². The Kier molecular flexibility index (Phi) is 5.88. The van der Waals surface area contributed by atoms with E-state index in [4.69, 9.17) is 0 Å². The van der Waals surface area contributed by atoms with Gasteiger partial charge in [-0.2, -0.15) is 10.2 Å². The molecule has 1 fully saturated rings. The summed E-state index contributed by atoms with van der Waals surface area (Å²) in [4.78, 5) is 30.7. The van der Waals surface area contributed by atoms with Crippen LogP contribution in [0.4, 0.5) is 5.69 Å². The maximum atomic E-state index is 13.4. The average Bonchev–Trinajstić information content (AvgIpc) is 3.20. The Bertz CT molecular complexity index is 1460. The van der Waals surface area contributed by atoms with Gasteiger partial charge in [-0.1, -0.05) is 30.3 Å². The first-order chi connectivity index (χ1) is 16.8. The third-order valence-electron chi connectivity index (χ3n) is 6.78. The lowest BCUT2D eigenvalue weighted by Gasteiger charge is -2.41. The van der Waals surface area contributed by atoms with Crippen LogP contribution < -0.4 is 10.5 Å². The molecule has 0 bridgehead atoms. The standard InChI is InChI=1S/C27H30N6O2/c1-18-9-8-12-23(15-18)31-14-13-30(16-19(31)2)24(34)17-32-27(35)25-21(4)33(22-10-6-5-7-11-22)29-26(25)20(3)28-32/h5-12,15,19H,13-14,16-17H2,1-4H3. The maximum Gasteiger partial charge on any atom is 0.278 e. The van der Waals surface area contributed by atoms with Gasteiger partial charge in [0.25, 0.3) is 5.56 Å². The van der Waals surface area contributed by atoms with Crippen molar-refractivity contribution in [3.63, 3.8) is 0 Å². The first-order valence-corrected chi connectivity index (χ1v) is 12.0. The summed E-state index contributed by atoms with van der Waals surface area (Å²) in [6, 6.07) is 18.3. The van der Waals surface area contributed by atoms with E-state index < -0.39 is 0 Å². The highest BCUT2D eigenvalue weighted by atomic mass is 16.2. The van der Waals surface area contributed by atoms with Crippen LogP contribution in [0.3, 0.4) is 0 Å². The molecule has 8 nitrogen and oxygen atoms in total. The SMILES string of the molecule is Cc1cccc(N2CCN(C(=O)Cn3nc(C)c4nn(-c5ccccc5)c(C)c4c3=O)CC2C)c1. The number of carbonyl (C=O) groups excluding carboxylic acids is 1. The van der Waals surface area contributed by atoms with Crippen LogP contribution in [-0.4, -0.2) is 56.0 Å². The normalized spacial score (nSPS) is 16.2. The fraction of sp³-hybridized carbons (Fsp3) is 0.333. The molecule has 1 amide bonds. The number of carbonyl (C=O) groups is 1. The Morgan fingerprint density at radius 2 is 1.71 bits per heavy atom. The second-order valence-corrected chi connectivity index (χ2v) is 9.33. The van der Waals surface area contributed by atoms with Gasteiger partial charge >= 0.3 is 0 Å². The van der Waals surface area contributed by atoms with Crippen molar-refractivity contribution in [2.24, 2.45) is 0 Å². The van der Waals surface area contributed by atoms with Crippen LogP contribution in [0.1, 0.15) is 23.9 Å². The van der Waals surface area contributed by atoms with Gasteiger partial charge in [-0.05, 0) is 57.5 Å². The van der Waals surface area contributed by atoms with Gasteiger partial charge in [0.15, 0.2) is 0 Å². The lowest BCUT2D eigenvalue weighted by atomic mass is 10.1. The van der Waals surface area contributed by atoms with E-state index in [2.05, 4.69) is 53.2 Å². The minimum Gasteiger partial charge on any atom is -0.365 e. The van der Waals surface area contributed by atoms with Gasteiger partial charge in [-0.3, -0.25) is 9.59 Å². The summed E-state index contributed by atoms with van der Waals surface area (Å²) in [5, 5.41) is 9.60. The highest BCUT2D eigenvalue weighted by Gasteiger charge is 2.28. The number of para-hydroxylation sites is 1. The number of hydrogen-bond donors (Lipinski definition) is 0. The number of nitrogens with zero attached hydrogens (tertiary/aromatic N) is 6. The summed E-state index contributed by atoms with van der Waals surface area (Å²) in [7, 11) is 0. The molecule has 4 aromatic rings. The molecule has 5 rings (SSSR count). The lowest BCUT2D eigenvalue weighted by Crippen LogP contribution is -2.54. The Morgan fingerprint density at radius 1 is 0.971 bits per heavy atom. The van der Waals surface area contributed by atoms with Crippen molar-refractivity contribution in [3.8, 4) is 5.69 Å². The van der Waals surface area contributed by atoms with Gasteiger partial charge in [0.2, 0.25) is 5.91 Å². The zero-order valence-corrected chi connectivity index (χ0v) is 20.6. The summed E-state index contributed by atoms with van der Waals surface area (Å²) >= 11 is 0. The second-order valence-electron chi connectivity index (χ2n) is 9.33. The molecule has 2 aromatic heterocycles. The zero-order chi connectivity index (χ0) is 24.7. The Morgan fingerprint density at radius 3 is 2.43 bits per heavy atom. The summed E-state index contributed by atoms with van der Waals surface area (Å²) in [5.41, 5.74) is 4.92. The Balaban J connectivity index is 1.38. The summed E-state index contributed by atoms with van der Waals surface area (Å²) in [5.74, 6) is -0.0952. The van der Waals surface area contributed by atoms with E-state index in [0.29, 0.717) is 29.7 Å². The molecule has 8 heteroatoms. The molecule has 180 valence electrons. The minimum atomic E-state index is -0.287. The molecule has 0 saturated carbocycles. The van der Waals surface area contributed by atoms with Gasteiger partial charge in [-0.25, -0.2) is 9.36 Å². The number of amides is 1. The van der Waals surface area contributed by atoms with Crippen LogP contribution in [0.5, 0.6) is 0 Å². The molecule has 1 atom stereocenters. The number of aryl methyl sites for hydroxylation is 3. The average molecular weight is 471 g/mol. The molecule has 1 saturated heterocycles. The predicted octanol–water partition coefficient (Wildman–Crippen LogP) is 3.24. The van der Waals surface area contributed by atoms with Crippen LogP contribution in [0, 0.1) is 20.8 Å². The van der Waals surface area contributed by atoms with E-state index in [1.807, 2.05) is 49.1 Å². The molecule has 3 heterocycles. The van der Waals surface area contributed by atoms with Gasteiger partial charge in [0.1, 0.15) is 12.1 Å². The first-order valence-electron chi connectivity index (χ1n) is 12.0. The quantitative estimate of drug-likeness (QED) is 0.458. The third kappa shape index (κ3) is 4.20. The fourth-order valence-electron chi connectivity index (χ4n) is 4.94. The van der Waals surface area contributed by atoms with Gasteiger partial charge in [-0.15, -0.1) is 0 Å². The van der Waals surface area contributed by atoms with Crippen LogP contribution in [0.25, 0.3) is 16.6 Å². The van der Waals surface area contributed by atoms with Crippen LogP contribution in [0.2, 0.25) is 0 Å². The summed E-state index contributed by atoms with van der Waals surface area (Å²) in [6.07, 6.45) is 0. The monoisotopic (exact) mass is 470 g/mol. The van der Waals surface area contributed by atoms with E-state index in [1.54, 1.807) is 4.68 Å². The molecular formula is C27H30N6O2. The molecular weight excluding hydrogens is 440 g/mol. The van der Waals surface area contributed by atoms with E-state index in [-0.39, 0.29) is 24.1 Å². The van der Waals surface area contributed by atoms with Crippen molar-refractivity contribution in [1.82, 2.24) is 24.5 Å². The topological polar surface area (TPSA) is 76.3 Å². The second kappa shape index (κ2) is 9.02. The van der Waals surface area contributed by atoms with Crippen molar-refractivity contribution in [2.45, 2.75) is 40.3 Å².